The number of rotatable bonds is 11. The number of nitrogens with zero attached hydrogens (tertiary/aromatic N) is 5. The van der Waals surface area contributed by atoms with Crippen molar-refractivity contribution in [2.45, 2.75) is 0 Å². The van der Waals surface area contributed by atoms with Gasteiger partial charge in [0.15, 0.2) is 0 Å². The van der Waals surface area contributed by atoms with Crippen LogP contribution in [0.5, 0.6) is 11.8 Å². The molecule has 7 rings (SSSR count). The van der Waals surface area contributed by atoms with Gasteiger partial charge in [-0.3, -0.25) is 14.4 Å². The van der Waals surface area contributed by atoms with Gasteiger partial charge in [0, 0.05) is 23.4 Å². The van der Waals surface area contributed by atoms with Crippen LogP contribution in [-0.2, 0) is 4.84 Å². The van der Waals surface area contributed by atoms with Gasteiger partial charge in [-0.25, -0.2) is 15.4 Å². The second-order valence-corrected chi connectivity index (χ2v) is 12.9. The number of carbonyl (C=O) groups is 2. The van der Waals surface area contributed by atoms with E-state index in [0.717, 1.165) is 45.8 Å². The molecule has 0 radical (unpaired) electrons. The molecular weight excluding hydrogens is 713 g/mol. The van der Waals surface area contributed by atoms with Crippen molar-refractivity contribution in [2.24, 2.45) is 0 Å². The predicted octanol–water partition coefficient (Wildman–Crippen LogP) is 3.94. The molecule has 0 aliphatic carbocycles. The maximum Gasteiger partial charge on any atom is 0.274 e. The summed E-state index contributed by atoms with van der Waals surface area (Å²) < 4.78 is 11.0. The molecule has 0 unspecified atom stereocenters. The Morgan fingerprint density at radius 1 is 0.722 bits per heavy atom. The maximum atomic E-state index is 12.5. The number of fused-ring (bicyclic) bond motifs is 2. The number of benzene rings is 4. The highest BCUT2D eigenvalue weighted by atomic mass is 32.2. The summed E-state index contributed by atoms with van der Waals surface area (Å²) >= 11 is 1.77. The zero-order chi connectivity index (χ0) is 38.0. The van der Waals surface area contributed by atoms with Gasteiger partial charge in [0.2, 0.25) is 23.7 Å². The Morgan fingerprint density at radius 3 is 1.65 bits per heavy atom. The molecule has 0 atom stereocenters. The summed E-state index contributed by atoms with van der Waals surface area (Å²) in [5.41, 5.74) is 19.9. The largest absolute Gasteiger partial charge is 0.475 e. The molecule has 0 bridgehead atoms. The lowest BCUT2D eigenvalue weighted by atomic mass is 10.0. The van der Waals surface area contributed by atoms with Gasteiger partial charge in [0.25, 0.3) is 11.8 Å². The van der Waals surface area contributed by atoms with Crippen LogP contribution in [0.3, 0.4) is 0 Å². The van der Waals surface area contributed by atoms with Gasteiger partial charge in [-0.2, -0.15) is 9.97 Å². The van der Waals surface area contributed by atoms with E-state index in [-0.39, 0.29) is 50.1 Å². The van der Waals surface area contributed by atoms with Gasteiger partial charge in [0.05, 0.1) is 48.0 Å². The molecule has 3 heterocycles. The topological polar surface area (TPSA) is 221 Å². The quantitative estimate of drug-likeness (QED) is 0.119. The first-order valence-electron chi connectivity index (χ1n) is 16.8. The first-order chi connectivity index (χ1) is 26.3. The minimum absolute atomic E-state index is 0.0682. The van der Waals surface area contributed by atoms with Gasteiger partial charge in [-0.15, -0.1) is 11.8 Å². The molecule has 2 aromatic heterocycles. The SMILES string of the molecule is CONC(=O)c1ccc(-c2ccc3nc(N)nc(OCCO)c3c2)cc1.Nc1nc(OCCO)c2cc(-c3ccc(C(=O)N4CCSC4)cc3)ccc2n1. The van der Waals surface area contributed by atoms with E-state index in [4.69, 9.17) is 31.2 Å². The average Bonchev–Trinajstić information content (AvgIpc) is 3.74. The first kappa shape index (κ1) is 37.7. The normalized spacial score (nSPS) is 12.3. The number of ether oxygens (including phenoxy) is 2. The Bertz CT molecular complexity index is 2250. The van der Waals surface area contributed by atoms with Crippen molar-refractivity contribution in [3.05, 3.63) is 96.1 Å². The van der Waals surface area contributed by atoms with Crippen molar-refractivity contribution in [1.82, 2.24) is 30.3 Å². The van der Waals surface area contributed by atoms with Crippen LogP contribution in [0.15, 0.2) is 84.9 Å². The third-order valence-electron chi connectivity index (χ3n) is 8.20. The summed E-state index contributed by atoms with van der Waals surface area (Å²) in [5.74, 6) is 2.39. The van der Waals surface area contributed by atoms with Crippen LogP contribution < -0.4 is 26.4 Å². The number of aliphatic hydroxyl groups excluding tert-OH is 2. The summed E-state index contributed by atoms with van der Waals surface area (Å²) in [6, 6.07) is 26.0. The average molecular weight is 751 g/mol. The molecule has 15 nitrogen and oxygen atoms in total. The minimum Gasteiger partial charge on any atom is -0.475 e. The van der Waals surface area contributed by atoms with E-state index in [1.165, 1.54) is 7.11 Å². The molecule has 7 N–H and O–H groups in total. The molecule has 54 heavy (non-hydrogen) atoms. The second-order valence-electron chi connectivity index (χ2n) is 11.8. The van der Waals surface area contributed by atoms with Crippen LogP contribution in [0, 0.1) is 0 Å². The molecule has 6 aromatic rings. The summed E-state index contributed by atoms with van der Waals surface area (Å²) in [6.45, 7) is 0.794. The number of anilines is 2. The Labute approximate surface area is 314 Å². The van der Waals surface area contributed by atoms with Crippen molar-refractivity contribution in [2.75, 3.05) is 63.2 Å². The van der Waals surface area contributed by atoms with Crippen molar-refractivity contribution in [3.63, 3.8) is 0 Å². The lowest BCUT2D eigenvalue weighted by molar-refractivity contribution is 0.0537. The summed E-state index contributed by atoms with van der Waals surface area (Å²) in [5, 5.41) is 19.4. The second kappa shape index (κ2) is 17.6. The lowest BCUT2D eigenvalue weighted by Gasteiger charge is -2.14. The van der Waals surface area contributed by atoms with Crippen molar-refractivity contribution < 1.29 is 34.1 Å². The van der Waals surface area contributed by atoms with Crippen molar-refractivity contribution in [1.29, 1.82) is 0 Å². The van der Waals surface area contributed by atoms with Gasteiger partial charge in [-0.1, -0.05) is 36.4 Å². The van der Waals surface area contributed by atoms with E-state index >= 15 is 0 Å². The number of carbonyl (C=O) groups excluding carboxylic acids is 2. The number of nitrogens with one attached hydrogen (secondary N) is 1. The van der Waals surface area contributed by atoms with E-state index in [1.807, 2.05) is 77.7 Å². The number of hydrogen-bond acceptors (Lipinski definition) is 14. The highest BCUT2D eigenvalue weighted by Gasteiger charge is 2.20. The molecule has 2 amide bonds. The molecule has 1 aliphatic rings. The fourth-order valence-electron chi connectivity index (χ4n) is 5.63. The molecule has 1 saturated heterocycles. The molecule has 278 valence electrons. The summed E-state index contributed by atoms with van der Waals surface area (Å²) in [4.78, 5) is 47.4. The number of thioether (sulfide) groups is 1. The third kappa shape index (κ3) is 8.92. The maximum absolute atomic E-state index is 12.5. The zero-order valence-electron chi connectivity index (χ0n) is 29.3. The molecule has 16 heteroatoms. The highest BCUT2D eigenvalue weighted by Crippen LogP contribution is 2.31. The fraction of sp³-hybridized carbons (Fsp3) is 0.211. The standard InChI is InChI=1S/C20H20N4O3S.C18H18N4O4/c21-20-22-17-6-5-15(11-16(17)18(23-20)27-9-8-25)13-1-3-14(4-2-13)19(26)24-7-10-28-12-24;1-25-22-16(24)12-4-2-11(3-5-12)13-6-7-15-14(10-13)17(26-9-8-23)21-18(19)20-15/h1-6,11,25H,7-10,12H2,(H2,21,22,23);2-7,10,23H,8-9H2,1H3,(H,22,24)(H2,19,20,21). The molecular formula is C38H38N8O7S. The van der Waals surface area contributed by atoms with E-state index in [0.29, 0.717) is 39.3 Å². The van der Waals surface area contributed by atoms with E-state index in [1.54, 1.807) is 23.9 Å². The molecule has 0 spiro atoms. The van der Waals surface area contributed by atoms with E-state index in [2.05, 4.69) is 30.3 Å². The van der Waals surface area contributed by atoms with Crippen LogP contribution in [-0.4, -0.2) is 98.6 Å². The summed E-state index contributed by atoms with van der Waals surface area (Å²) in [7, 11) is 1.38. The van der Waals surface area contributed by atoms with Crippen LogP contribution in [0.1, 0.15) is 20.7 Å². The third-order valence-corrected chi connectivity index (χ3v) is 9.16. The number of nitrogen functional groups attached to an aromatic ring is 2. The number of amides is 2. The van der Waals surface area contributed by atoms with Crippen LogP contribution in [0.2, 0.25) is 0 Å². The summed E-state index contributed by atoms with van der Waals surface area (Å²) in [6.07, 6.45) is 0. The Balaban J connectivity index is 0.000000185. The molecule has 4 aromatic carbocycles. The smallest absolute Gasteiger partial charge is 0.274 e. The van der Waals surface area contributed by atoms with E-state index in [9.17, 15) is 9.59 Å². The number of hydroxylamine groups is 1. The van der Waals surface area contributed by atoms with Crippen LogP contribution in [0.25, 0.3) is 44.1 Å². The number of aromatic nitrogens is 4. The zero-order valence-corrected chi connectivity index (χ0v) is 30.1. The Morgan fingerprint density at radius 2 is 1.20 bits per heavy atom. The van der Waals surface area contributed by atoms with E-state index < -0.39 is 0 Å². The molecule has 1 fully saturated rings. The van der Waals surface area contributed by atoms with Gasteiger partial charge in [-0.05, 0) is 70.8 Å². The van der Waals surface area contributed by atoms with Gasteiger partial charge < -0.3 is 36.1 Å². The number of nitrogens with two attached hydrogens (primary N) is 2. The Kier molecular flexibility index (Phi) is 12.3. The van der Waals surface area contributed by atoms with Crippen molar-refractivity contribution in [3.8, 4) is 34.0 Å². The van der Waals surface area contributed by atoms with Crippen LogP contribution in [0.4, 0.5) is 11.9 Å². The predicted molar refractivity (Wildman–Crippen MR) is 207 cm³/mol. The highest BCUT2D eigenvalue weighted by molar-refractivity contribution is 7.99. The number of aliphatic hydroxyl groups is 2. The van der Waals surface area contributed by atoms with Gasteiger partial charge >= 0.3 is 0 Å². The van der Waals surface area contributed by atoms with Crippen molar-refractivity contribution >= 4 is 57.3 Å². The lowest BCUT2D eigenvalue weighted by Crippen LogP contribution is -2.27. The Hall–Kier alpha value is -6.07. The number of hydrogen-bond donors (Lipinski definition) is 5. The van der Waals surface area contributed by atoms with Crippen LogP contribution >= 0.6 is 11.8 Å². The molecule has 1 aliphatic heterocycles. The molecule has 0 saturated carbocycles. The first-order valence-corrected chi connectivity index (χ1v) is 18.0. The fourth-order valence-corrected chi connectivity index (χ4v) is 6.57. The monoisotopic (exact) mass is 750 g/mol. The minimum atomic E-state index is -0.318. The van der Waals surface area contributed by atoms with Gasteiger partial charge in [0.1, 0.15) is 13.2 Å².